The molecule has 3 N–H and O–H groups in total. The van der Waals surface area contributed by atoms with Crippen LogP contribution in [0.4, 0.5) is 0 Å². The third-order valence-electron chi connectivity index (χ3n) is 2.21. The van der Waals surface area contributed by atoms with Crippen molar-refractivity contribution in [2.75, 3.05) is 0 Å². The Morgan fingerprint density at radius 2 is 1.94 bits per heavy atom. The molecule has 0 fully saturated rings. The second-order valence-corrected chi connectivity index (χ2v) is 5.50. The molecule has 0 aliphatic carbocycles. The number of carbonyl (C=O) groups is 1. The van der Waals surface area contributed by atoms with Crippen LogP contribution in [0.5, 0.6) is 0 Å². The highest BCUT2D eigenvalue weighted by molar-refractivity contribution is 7.83. The van der Waals surface area contributed by atoms with E-state index < -0.39 is 17.0 Å². The zero-order valence-corrected chi connectivity index (χ0v) is 10.9. The summed E-state index contributed by atoms with van der Waals surface area (Å²) in [5.41, 5.74) is 5.70. The number of nitrogens with two attached hydrogens (primary N) is 1. The summed E-state index contributed by atoms with van der Waals surface area (Å²) in [7, 11) is -1.53. The predicted octanol–water partition coefficient (Wildman–Crippen LogP) is 1.20. The molecule has 0 aromatic heterocycles. The van der Waals surface area contributed by atoms with Gasteiger partial charge >= 0.3 is 0 Å². The molecule has 0 saturated heterocycles. The van der Waals surface area contributed by atoms with Gasteiger partial charge in [-0.1, -0.05) is 32.0 Å². The van der Waals surface area contributed by atoms with E-state index in [-0.39, 0.29) is 5.91 Å². The van der Waals surface area contributed by atoms with Crippen LogP contribution in [-0.2, 0) is 15.8 Å². The van der Waals surface area contributed by atoms with Crippen LogP contribution in [0.25, 0.3) is 0 Å². The maximum Gasteiger partial charge on any atom is 0.248 e. The van der Waals surface area contributed by atoms with Crippen LogP contribution < -0.4 is 10.5 Å². The van der Waals surface area contributed by atoms with Gasteiger partial charge in [0.25, 0.3) is 0 Å². The summed E-state index contributed by atoms with van der Waals surface area (Å²) >= 11 is 0. The minimum absolute atomic E-state index is 0.334. The monoisotopic (exact) mass is 254 g/mol. The average molecular weight is 254 g/mol. The van der Waals surface area contributed by atoms with E-state index in [1.54, 1.807) is 24.3 Å². The lowest BCUT2D eigenvalue weighted by Gasteiger charge is -2.13. The number of carbonyl (C=O) groups excluding carboxylic acids is 1. The molecular formula is C12H18N2O2S. The van der Waals surface area contributed by atoms with Gasteiger partial charge in [-0.2, -0.15) is 0 Å². The summed E-state index contributed by atoms with van der Waals surface area (Å²) in [4.78, 5) is 12.2. The molecule has 4 nitrogen and oxygen atoms in total. The molecule has 0 aliphatic rings. The summed E-state index contributed by atoms with van der Waals surface area (Å²) < 4.78 is 14.2. The Balaban J connectivity index is 2.55. The van der Waals surface area contributed by atoms with E-state index in [4.69, 9.17) is 5.73 Å². The van der Waals surface area contributed by atoms with E-state index in [2.05, 4.69) is 4.72 Å². The average Bonchev–Trinajstić information content (AvgIpc) is 2.29. The Morgan fingerprint density at radius 1 is 1.35 bits per heavy atom. The van der Waals surface area contributed by atoms with Gasteiger partial charge in [0, 0.05) is 0 Å². The molecule has 0 spiro atoms. The van der Waals surface area contributed by atoms with Crippen molar-refractivity contribution in [1.82, 2.24) is 4.72 Å². The SMILES string of the molecule is CC(C)C[C@H](N)C(=O)N[S@](=O)c1ccccc1. The van der Waals surface area contributed by atoms with Gasteiger partial charge in [-0.05, 0) is 24.5 Å². The maximum atomic E-state index is 11.8. The highest BCUT2D eigenvalue weighted by Crippen LogP contribution is 2.05. The third-order valence-corrected chi connectivity index (χ3v) is 3.30. The molecule has 1 amide bonds. The second-order valence-electron chi connectivity index (χ2n) is 4.28. The zero-order valence-electron chi connectivity index (χ0n) is 10.1. The molecular weight excluding hydrogens is 236 g/mol. The first-order valence-corrected chi connectivity index (χ1v) is 6.68. The summed E-state index contributed by atoms with van der Waals surface area (Å²) in [6.07, 6.45) is 0.581. The van der Waals surface area contributed by atoms with Crippen molar-refractivity contribution in [2.24, 2.45) is 11.7 Å². The van der Waals surface area contributed by atoms with Crippen molar-refractivity contribution < 1.29 is 9.00 Å². The van der Waals surface area contributed by atoms with E-state index in [0.29, 0.717) is 17.2 Å². The van der Waals surface area contributed by atoms with E-state index in [1.807, 2.05) is 19.9 Å². The Morgan fingerprint density at radius 3 is 2.47 bits per heavy atom. The van der Waals surface area contributed by atoms with E-state index >= 15 is 0 Å². The summed E-state index contributed by atoms with van der Waals surface area (Å²) in [6.45, 7) is 3.97. The third kappa shape index (κ3) is 4.66. The van der Waals surface area contributed by atoms with Crippen LogP contribution in [-0.4, -0.2) is 16.2 Å². The molecule has 1 rings (SSSR count). The standard InChI is InChI=1S/C12H18N2O2S/c1-9(2)8-11(13)12(15)14-17(16)10-6-4-3-5-7-10/h3-7,9,11H,8,13H2,1-2H3,(H,14,15)/t11-,17+/m0/s1. The van der Waals surface area contributed by atoms with Crippen molar-refractivity contribution in [1.29, 1.82) is 0 Å². The fraction of sp³-hybridized carbons (Fsp3) is 0.417. The Labute approximate surface area is 104 Å². The number of amides is 1. The number of benzene rings is 1. The number of nitrogens with one attached hydrogen (secondary N) is 1. The van der Waals surface area contributed by atoms with Gasteiger partial charge in [0.2, 0.25) is 5.91 Å². The molecule has 1 aromatic rings. The minimum Gasteiger partial charge on any atom is -0.320 e. The molecule has 0 saturated carbocycles. The maximum absolute atomic E-state index is 11.8. The summed E-state index contributed by atoms with van der Waals surface area (Å²) in [5.74, 6) is -0.0400. The molecule has 0 bridgehead atoms. The largest absolute Gasteiger partial charge is 0.320 e. The lowest BCUT2D eigenvalue weighted by Crippen LogP contribution is -2.42. The first kappa shape index (κ1) is 13.9. The van der Waals surface area contributed by atoms with Crippen molar-refractivity contribution in [3.63, 3.8) is 0 Å². The van der Waals surface area contributed by atoms with Crippen LogP contribution in [0.15, 0.2) is 35.2 Å². The van der Waals surface area contributed by atoms with Crippen LogP contribution >= 0.6 is 0 Å². The smallest absolute Gasteiger partial charge is 0.248 e. The molecule has 0 unspecified atom stereocenters. The lowest BCUT2D eigenvalue weighted by atomic mass is 10.0. The van der Waals surface area contributed by atoms with Crippen LogP contribution in [0.2, 0.25) is 0 Å². The number of rotatable bonds is 5. The molecule has 5 heteroatoms. The van der Waals surface area contributed by atoms with Gasteiger partial charge in [-0.3, -0.25) is 9.52 Å². The topological polar surface area (TPSA) is 72.2 Å². The van der Waals surface area contributed by atoms with E-state index in [1.165, 1.54) is 0 Å². The van der Waals surface area contributed by atoms with Gasteiger partial charge in [0.05, 0.1) is 10.9 Å². The molecule has 2 atom stereocenters. The molecule has 17 heavy (non-hydrogen) atoms. The fourth-order valence-electron chi connectivity index (χ4n) is 1.38. The Kier molecular flexibility index (Phi) is 5.31. The van der Waals surface area contributed by atoms with Crippen molar-refractivity contribution in [3.8, 4) is 0 Å². The van der Waals surface area contributed by atoms with Crippen LogP contribution in [0, 0.1) is 5.92 Å². The Hall–Kier alpha value is -1.20. The molecule has 0 heterocycles. The van der Waals surface area contributed by atoms with Crippen LogP contribution in [0.1, 0.15) is 20.3 Å². The van der Waals surface area contributed by atoms with Crippen molar-refractivity contribution in [2.45, 2.75) is 31.2 Å². The van der Waals surface area contributed by atoms with Crippen molar-refractivity contribution >= 4 is 16.9 Å². The normalized spacial score (nSPS) is 14.4. The number of hydrogen-bond acceptors (Lipinski definition) is 3. The van der Waals surface area contributed by atoms with Gasteiger partial charge in [-0.15, -0.1) is 0 Å². The predicted molar refractivity (Wildman–Crippen MR) is 68.4 cm³/mol. The highest BCUT2D eigenvalue weighted by Gasteiger charge is 2.17. The van der Waals surface area contributed by atoms with Gasteiger partial charge < -0.3 is 5.73 Å². The first-order valence-electron chi connectivity index (χ1n) is 5.53. The zero-order chi connectivity index (χ0) is 12.8. The molecule has 0 aliphatic heterocycles. The minimum atomic E-state index is -1.53. The summed E-state index contributed by atoms with van der Waals surface area (Å²) in [6, 6.07) is 8.16. The molecule has 1 aromatic carbocycles. The van der Waals surface area contributed by atoms with Crippen molar-refractivity contribution in [3.05, 3.63) is 30.3 Å². The molecule has 94 valence electrons. The van der Waals surface area contributed by atoms with Gasteiger partial charge in [0.15, 0.2) is 11.0 Å². The van der Waals surface area contributed by atoms with Gasteiger partial charge in [0.1, 0.15) is 0 Å². The summed E-state index contributed by atoms with van der Waals surface area (Å²) in [5, 5.41) is 0. The fourth-order valence-corrected chi connectivity index (χ4v) is 2.24. The lowest BCUT2D eigenvalue weighted by molar-refractivity contribution is -0.120. The number of hydrogen-bond donors (Lipinski definition) is 2. The first-order chi connectivity index (χ1) is 8.00. The van der Waals surface area contributed by atoms with E-state index in [0.717, 1.165) is 0 Å². The second kappa shape index (κ2) is 6.51. The van der Waals surface area contributed by atoms with E-state index in [9.17, 15) is 9.00 Å². The van der Waals surface area contributed by atoms with Crippen LogP contribution in [0.3, 0.4) is 0 Å². The quantitative estimate of drug-likeness (QED) is 0.829. The highest BCUT2D eigenvalue weighted by atomic mass is 32.2. The molecule has 0 radical (unpaired) electrons. The van der Waals surface area contributed by atoms with Gasteiger partial charge in [-0.25, -0.2) is 4.21 Å². The Bertz CT molecular complexity index is 393.